The number of halogens is 2. The predicted molar refractivity (Wildman–Crippen MR) is 56.0 cm³/mol. The van der Waals surface area contributed by atoms with Crippen LogP contribution in [-0.2, 0) is 0 Å². The number of nitriles is 1. The van der Waals surface area contributed by atoms with Crippen LogP contribution in [0.25, 0.3) is 0 Å². The minimum Gasteiger partial charge on any atom is -0.397 e. The van der Waals surface area contributed by atoms with E-state index < -0.39 is 0 Å². The molecule has 0 aliphatic carbocycles. The Morgan fingerprint density at radius 1 is 1.55 bits per heavy atom. The summed E-state index contributed by atoms with van der Waals surface area (Å²) < 4.78 is 1.78. The first-order valence-corrected chi connectivity index (χ1v) is 4.67. The van der Waals surface area contributed by atoms with Gasteiger partial charge in [0.05, 0.1) is 11.3 Å². The molecular weight excluding hydrogens is 319 g/mol. The van der Waals surface area contributed by atoms with E-state index in [1.54, 1.807) is 6.07 Å². The Labute approximate surface area is 86.7 Å². The molecule has 11 heavy (non-hydrogen) atoms. The largest absolute Gasteiger partial charge is 0.397 e. The third-order valence-corrected chi connectivity index (χ3v) is 2.49. The van der Waals surface area contributed by atoms with Crippen molar-refractivity contribution in [2.45, 2.75) is 0 Å². The van der Waals surface area contributed by atoms with Crippen molar-refractivity contribution in [3.63, 3.8) is 0 Å². The van der Waals surface area contributed by atoms with Crippen molar-refractivity contribution in [2.75, 3.05) is 5.73 Å². The lowest BCUT2D eigenvalue weighted by Crippen LogP contribution is -1.92. The van der Waals surface area contributed by atoms with Crippen LogP contribution in [0.5, 0.6) is 0 Å². The SMILES string of the molecule is N#Cc1cc(I)cc(Br)c1N. The van der Waals surface area contributed by atoms with Gasteiger partial charge in [0.1, 0.15) is 6.07 Å². The number of nitrogen functional groups attached to an aromatic ring is 1. The van der Waals surface area contributed by atoms with Gasteiger partial charge < -0.3 is 5.73 Å². The van der Waals surface area contributed by atoms with Crippen molar-refractivity contribution < 1.29 is 0 Å². The summed E-state index contributed by atoms with van der Waals surface area (Å²) in [4.78, 5) is 0. The molecule has 2 N–H and O–H groups in total. The molecular formula is C7H4BrIN2. The molecule has 2 nitrogen and oxygen atoms in total. The van der Waals surface area contributed by atoms with Crippen LogP contribution >= 0.6 is 38.5 Å². The van der Waals surface area contributed by atoms with Gasteiger partial charge in [-0.05, 0) is 50.7 Å². The number of hydrogen-bond donors (Lipinski definition) is 1. The number of nitrogens with two attached hydrogens (primary N) is 1. The highest BCUT2D eigenvalue weighted by molar-refractivity contribution is 14.1. The predicted octanol–water partition coefficient (Wildman–Crippen LogP) is 2.51. The van der Waals surface area contributed by atoms with Crippen LogP contribution in [0.3, 0.4) is 0 Å². The van der Waals surface area contributed by atoms with Crippen LogP contribution in [0.2, 0.25) is 0 Å². The number of anilines is 1. The highest BCUT2D eigenvalue weighted by Crippen LogP contribution is 2.25. The van der Waals surface area contributed by atoms with Gasteiger partial charge in [0, 0.05) is 8.04 Å². The third-order valence-electron chi connectivity index (χ3n) is 1.21. The van der Waals surface area contributed by atoms with Crippen LogP contribution in [-0.4, -0.2) is 0 Å². The van der Waals surface area contributed by atoms with Gasteiger partial charge in [-0.3, -0.25) is 0 Å². The van der Waals surface area contributed by atoms with Crippen molar-refractivity contribution in [1.29, 1.82) is 5.26 Å². The maximum atomic E-state index is 8.61. The van der Waals surface area contributed by atoms with E-state index in [1.807, 2.05) is 12.1 Å². The van der Waals surface area contributed by atoms with Gasteiger partial charge in [-0.15, -0.1) is 0 Å². The summed E-state index contributed by atoms with van der Waals surface area (Å²) in [5.41, 5.74) is 6.61. The molecule has 0 aromatic heterocycles. The summed E-state index contributed by atoms with van der Waals surface area (Å²) in [6, 6.07) is 5.64. The molecule has 0 heterocycles. The molecule has 0 atom stereocenters. The molecule has 0 aliphatic heterocycles. The maximum absolute atomic E-state index is 8.61. The molecule has 0 saturated carbocycles. The second-order valence-corrected chi connectivity index (χ2v) is 4.06. The quantitative estimate of drug-likeness (QED) is 0.589. The average molecular weight is 323 g/mol. The van der Waals surface area contributed by atoms with Crippen LogP contribution in [0.1, 0.15) is 5.56 Å². The molecule has 1 aromatic carbocycles. The highest BCUT2D eigenvalue weighted by Gasteiger charge is 2.03. The summed E-state index contributed by atoms with van der Waals surface area (Å²) in [5.74, 6) is 0. The third kappa shape index (κ3) is 1.84. The van der Waals surface area contributed by atoms with E-state index in [0.29, 0.717) is 11.3 Å². The molecule has 0 radical (unpaired) electrons. The highest BCUT2D eigenvalue weighted by atomic mass is 127. The molecule has 56 valence electrons. The number of nitrogens with zero attached hydrogens (tertiary/aromatic N) is 1. The normalized spacial score (nSPS) is 9.18. The smallest absolute Gasteiger partial charge is 0.101 e. The summed E-state index contributed by atoms with van der Waals surface area (Å²) in [6.07, 6.45) is 0. The first-order valence-electron chi connectivity index (χ1n) is 2.79. The van der Waals surface area contributed by atoms with Crippen LogP contribution in [0.4, 0.5) is 5.69 Å². The van der Waals surface area contributed by atoms with E-state index in [4.69, 9.17) is 11.0 Å². The van der Waals surface area contributed by atoms with Gasteiger partial charge >= 0.3 is 0 Å². The zero-order chi connectivity index (χ0) is 8.43. The molecule has 0 unspecified atom stereocenters. The lowest BCUT2D eigenvalue weighted by Gasteiger charge is -2.00. The first-order chi connectivity index (χ1) is 5.15. The van der Waals surface area contributed by atoms with Gasteiger partial charge in [0.15, 0.2) is 0 Å². The fourth-order valence-electron chi connectivity index (χ4n) is 0.677. The summed E-state index contributed by atoms with van der Waals surface area (Å²) in [5, 5.41) is 8.61. The Balaban J connectivity index is 3.39. The molecule has 0 spiro atoms. The van der Waals surface area contributed by atoms with Crippen molar-refractivity contribution in [2.24, 2.45) is 0 Å². The summed E-state index contributed by atoms with van der Waals surface area (Å²) in [7, 11) is 0. The van der Waals surface area contributed by atoms with Gasteiger partial charge in [0.2, 0.25) is 0 Å². The lowest BCUT2D eigenvalue weighted by molar-refractivity contribution is 1.46. The zero-order valence-corrected chi connectivity index (χ0v) is 9.18. The van der Waals surface area contributed by atoms with Gasteiger partial charge in [0.25, 0.3) is 0 Å². The fourth-order valence-corrected chi connectivity index (χ4v) is 2.19. The Hall–Kier alpha value is -0.280. The molecule has 0 amide bonds. The van der Waals surface area contributed by atoms with Crippen LogP contribution in [0, 0.1) is 14.9 Å². The zero-order valence-electron chi connectivity index (χ0n) is 5.44. The number of rotatable bonds is 0. The minimum absolute atomic E-state index is 0.507. The lowest BCUT2D eigenvalue weighted by atomic mass is 10.2. The van der Waals surface area contributed by atoms with E-state index in [2.05, 4.69) is 38.5 Å². The molecule has 0 bridgehead atoms. The van der Waals surface area contributed by atoms with E-state index in [9.17, 15) is 0 Å². The molecule has 1 aromatic rings. The molecule has 4 heteroatoms. The number of hydrogen-bond acceptors (Lipinski definition) is 2. The van der Waals surface area contributed by atoms with Crippen molar-refractivity contribution in [1.82, 2.24) is 0 Å². The van der Waals surface area contributed by atoms with Crippen LogP contribution in [0.15, 0.2) is 16.6 Å². The second kappa shape index (κ2) is 3.41. The van der Waals surface area contributed by atoms with Crippen molar-refractivity contribution >= 4 is 44.2 Å². The topological polar surface area (TPSA) is 49.8 Å². The summed E-state index contributed by atoms with van der Waals surface area (Å²) >= 11 is 5.39. The van der Waals surface area contributed by atoms with Gasteiger partial charge in [-0.1, -0.05) is 0 Å². The average Bonchev–Trinajstić information content (AvgIpc) is 1.96. The monoisotopic (exact) mass is 322 g/mol. The van der Waals surface area contributed by atoms with E-state index in [1.165, 1.54) is 0 Å². The Morgan fingerprint density at radius 3 is 2.73 bits per heavy atom. The van der Waals surface area contributed by atoms with E-state index >= 15 is 0 Å². The van der Waals surface area contributed by atoms with Crippen molar-refractivity contribution in [3.8, 4) is 6.07 Å². The maximum Gasteiger partial charge on any atom is 0.101 e. The molecule has 0 aliphatic rings. The van der Waals surface area contributed by atoms with Crippen LogP contribution < -0.4 is 5.73 Å². The second-order valence-electron chi connectivity index (χ2n) is 1.96. The van der Waals surface area contributed by atoms with Crippen molar-refractivity contribution in [3.05, 3.63) is 25.7 Å². The first kappa shape index (κ1) is 8.81. The molecule has 1 rings (SSSR count). The van der Waals surface area contributed by atoms with E-state index in [-0.39, 0.29) is 0 Å². The molecule has 0 saturated heterocycles. The number of benzene rings is 1. The fraction of sp³-hybridized carbons (Fsp3) is 0. The molecule has 0 fully saturated rings. The Morgan fingerprint density at radius 2 is 2.18 bits per heavy atom. The van der Waals surface area contributed by atoms with Gasteiger partial charge in [-0.2, -0.15) is 5.26 Å². The van der Waals surface area contributed by atoms with E-state index in [0.717, 1.165) is 8.04 Å². The minimum atomic E-state index is 0.507. The Bertz CT molecular complexity index is 330. The standard InChI is InChI=1S/C7H4BrIN2/c8-6-2-5(9)1-4(3-10)7(6)11/h1-2H,11H2. The Kier molecular flexibility index (Phi) is 2.73. The summed E-state index contributed by atoms with van der Waals surface area (Å²) in [6.45, 7) is 0. The van der Waals surface area contributed by atoms with Gasteiger partial charge in [-0.25, -0.2) is 0 Å².